The van der Waals surface area contributed by atoms with Crippen LogP contribution in [0.5, 0.6) is 0 Å². The first-order valence-electron chi connectivity index (χ1n) is 7.88. The highest BCUT2D eigenvalue weighted by Gasteiger charge is 2.10. The lowest BCUT2D eigenvalue weighted by molar-refractivity contribution is 0.0945. The van der Waals surface area contributed by atoms with E-state index >= 15 is 0 Å². The van der Waals surface area contributed by atoms with Crippen molar-refractivity contribution in [2.75, 3.05) is 0 Å². The second kappa shape index (κ2) is 6.56. The van der Waals surface area contributed by atoms with Gasteiger partial charge in [0, 0.05) is 11.6 Å². The number of fused-ring (bicyclic) bond motifs is 2. The fourth-order valence-electron chi connectivity index (χ4n) is 2.58. The second-order valence-electron chi connectivity index (χ2n) is 5.59. The number of H-pyrrole nitrogens is 1. The Morgan fingerprint density at radius 1 is 1.08 bits per heavy atom. The van der Waals surface area contributed by atoms with Crippen LogP contribution in [0.1, 0.15) is 16.2 Å². The number of pyridine rings is 1. The third-order valence-electron chi connectivity index (χ3n) is 3.84. The number of para-hydroxylation sites is 1. The number of nitrogens with one attached hydrogen (secondary N) is 2. The minimum Gasteiger partial charge on any atom is -0.302 e. The lowest BCUT2D eigenvalue weighted by atomic mass is 10.1. The molecule has 2 aromatic heterocycles. The lowest BCUT2D eigenvalue weighted by Crippen LogP contribution is -2.24. The highest BCUT2D eigenvalue weighted by Crippen LogP contribution is 2.11. The summed E-state index contributed by atoms with van der Waals surface area (Å²) in [5, 5.41) is 5.37. The molecule has 4 rings (SSSR count). The Labute approximate surface area is 147 Å². The summed E-state index contributed by atoms with van der Waals surface area (Å²) in [5.74, 6) is -0.686. The predicted octanol–water partition coefficient (Wildman–Crippen LogP) is 2.24. The standard InChI is InChI=1S/C19H13N5O2/c25-18-14-5-1-2-6-15(14)22-17(23-18)19(26)24-21-11-12-7-8-13-4-3-9-20-16(13)10-12/h1-11H,(H,24,26)(H,22,23,25). The number of hydrogen-bond donors (Lipinski definition) is 2. The molecule has 2 aromatic carbocycles. The van der Waals surface area contributed by atoms with E-state index in [1.165, 1.54) is 6.21 Å². The van der Waals surface area contributed by atoms with Gasteiger partial charge in [-0.3, -0.25) is 14.6 Å². The average Bonchev–Trinajstić information content (AvgIpc) is 2.68. The van der Waals surface area contributed by atoms with Crippen LogP contribution in [0.4, 0.5) is 0 Å². The van der Waals surface area contributed by atoms with Crippen molar-refractivity contribution < 1.29 is 4.79 Å². The smallest absolute Gasteiger partial charge is 0.302 e. The van der Waals surface area contributed by atoms with Crippen LogP contribution in [0.25, 0.3) is 21.8 Å². The van der Waals surface area contributed by atoms with Gasteiger partial charge in [0.1, 0.15) is 0 Å². The Morgan fingerprint density at radius 3 is 2.88 bits per heavy atom. The van der Waals surface area contributed by atoms with E-state index in [1.807, 2.05) is 30.3 Å². The minimum atomic E-state index is -0.594. The van der Waals surface area contributed by atoms with Gasteiger partial charge in [0.25, 0.3) is 5.56 Å². The number of hydrazone groups is 1. The molecule has 1 amide bonds. The summed E-state index contributed by atoms with van der Waals surface area (Å²) in [6.07, 6.45) is 3.22. The number of hydrogen-bond acceptors (Lipinski definition) is 5. The number of amides is 1. The van der Waals surface area contributed by atoms with E-state index in [0.29, 0.717) is 10.9 Å². The van der Waals surface area contributed by atoms with Crippen LogP contribution in [-0.2, 0) is 0 Å². The number of nitrogens with zero attached hydrogens (tertiary/aromatic N) is 3. The number of aromatic amines is 1. The Hall–Kier alpha value is -3.87. The van der Waals surface area contributed by atoms with Crippen LogP contribution in [0.2, 0.25) is 0 Å². The van der Waals surface area contributed by atoms with Crippen molar-refractivity contribution in [2.45, 2.75) is 0 Å². The maximum Gasteiger partial charge on any atom is 0.307 e. The Bertz CT molecular complexity index is 1210. The molecule has 26 heavy (non-hydrogen) atoms. The summed E-state index contributed by atoms with van der Waals surface area (Å²) in [4.78, 5) is 35.1. The lowest BCUT2D eigenvalue weighted by Gasteiger charge is -2.02. The van der Waals surface area contributed by atoms with E-state index in [1.54, 1.807) is 30.5 Å². The molecule has 0 aliphatic heterocycles. The van der Waals surface area contributed by atoms with Gasteiger partial charge in [-0.15, -0.1) is 0 Å². The Morgan fingerprint density at radius 2 is 1.96 bits per heavy atom. The number of benzene rings is 2. The molecular formula is C19H13N5O2. The van der Waals surface area contributed by atoms with Crippen LogP contribution in [-0.4, -0.2) is 27.1 Å². The molecular weight excluding hydrogens is 330 g/mol. The van der Waals surface area contributed by atoms with E-state index in [2.05, 4.69) is 25.5 Å². The van der Waals surface area contributed by atoms with Gasteiger partial charge in [-0.05, 0) is 29.8 Å². The number of carbonyl (C=O) groups excluding carboxylic acids is 1. The van der Waals surface area contributed by atoms with E-state index < -0.39 is 5.91 Å². The molecule has 0 aliphatic carbocycles. The molecule has 0 atom stereocenters. The molecule has 7 heteroatoms. The second-order valence-corrected chi connectivity index (χ2v) is 5.59. The largest absolute Gasteiger partial charge is 0.307 e. The molecule has 2 N–H and O–H groups in total. The Kier molecular flexibility index (Phi) is 3.95. The molecule has 0 bridgehead atoms. The maximum atomic E-state index is 12.2. The highest BCUT2D eigenvalue weighted by molar-refractivity contribution is 5.94. The van der Waals surface area contributed by atoms with E-state index in [4.69, 9.17) is 0 Å². The monoisotopic (exact) mass is 343 g/mol. The first kappa shape index (κ1) is 15.6. The third-order valence-corrected chi connectivity index (χ3v) is 3.84. The fourth-order valence-corrected chi connectivity index (χ4v) is 2.58. The van der Waals surface area contributed by atoms with Crippen molar-refractivity contribution in [1.29, 1.82) is 0 Å². The molecule has 0 unspecified atom stereocenters. The molecule has 2 heterocycles. The van der Waals surface area contributed by atoms with Gasteiger partial charge >= 0.3 is 5.91 Å². The van der Waals surface area contributed by atoms with Gasteiger partial charge in [-0.25, -0.2) is 10.4 Å². The van der Waals surface area contributed by atoms with E-state index in [9.17, 15) is 9.59 Å². The van der Waals surface area contributed by atoms with Gasteiger partial charge in [0.15, 0.2) is 0 Å². The zero-order valence-corrected chi connectivity index (χ0v) is 13.5. The molecule has 0 fully saturated rings. The molecule has 0 radical (unpaired) electrons. The van der Waals surface area contributed by atoms with Crippen LogP contribution in [0.3, 0.4) is 0 Å². The van der Waals surface area contributed by atoms with Gasteiger partial charge in [-0.1, -0.05) is 30.3 Å². The molecule has 7 nitrogen and oxygen atoms in total. The van der Waals surface area contributed by atoms with Crippen molar-refractivity contribution in [3.63, 3.8) is 0 Å². The van der Waals surface area contributed by atoms with E-state index in [-0.39, 0.29) is 11.4 Å². The highest BCUT2D eigenvalue weighted by atomic mass is 16.2. The summed E-state index contributed by atoms with van der Waals surface area (Å²) in [7, 11) is 0. The number of carbonyl (C=O) groups is 1. The average molecular weight is 343 g/mol. The van der Waals surface area contributed by atoms with E-state index in [0.717, 1.165) is 16.5 Å². The minimum absolute atomic E-state index is 0.0916. The zero-order valence-electron chi connectivity index (χ0n) is 13.5. The first-order chi connectivity index (χ1) is 12.7. The molecule has 4 aromatic rings. The topological polar surface area (TPSA) is 100 Å². The van der Waals surface area contributed by atoms with Crippen LogP contribution >= 0.6 is 0 Å². The van der Waals surface area contributed by atoms with Crippen LogP contribution in [0, 0.1) is 0 Å². The first-order valence-corrected chi connectivity index (χ1v) is 7.88. The maximum absolute atomic E-state index is 12.2. The van der Waals surface area contributed by atoms with Crippen molar-refractivity contribution >= 4 is 33.9 Å². The van der Waals surface area contributed by atoms with Crippen molar-refractivity contribution in [1.82, 2.24) is 20.4 Å². The molecule has 0 aliphatic rings. The van der Waals surface area contributed by atoms with Crippen molar-refractivity contribution in [3.05, 3.63) is 82.5 Å². The van der Waals surface area contributed by atoms with Crippen molar-refractivity contribution in [3.8, 4) is 0 Å². The van der Waals surface area contributed by atoms with Gasteiger partial charge in [-0.2, -0.15) is 5.10 Å². The SMILES string of the molecule is O=C(NN=Cc1ccc2cccnc2c1)c1nc2ccccc2c(=O)[nH]1. The fraction of sp³-hybridized carbons (Fsp3) is 0. The predicted molar refractivity (Wildman–Crippen MR) is 99.2 cm³/mol. The van der Waals surface area contributed by atoms with Gasteiger partial charge < -0.3 is 4.98 Å². The quantitative estimate of drug-likeness (QED) is 0.440. The summed E-state index contributed by atoms with van der Waals surface area (Å²) >= 11 is 0. The van der Waals surface area contributed by atoms with Gasteiger partial charge in [0.2, 0.25) is 5.82 Å². The number of rotatable bonds is 3. The van der Waals surface area contributed by atoms with Gasteiger partial charge in [0.05, 0.1) is 22.6 Å². The summed E-state index contributed by atoms with van der Waals surface area (Å²) in [6.45, 7) is 0. The summed E-state index contributed by atoms with van der Waals surface area (Å²) in [6, 6.07) is 16.3. The summed E-state index contributed by atoms with van der Waals surface area (Å²) < 4.78 is 0. The van der Waals surface area contributed by atoms with Crippen molar-refractivity contribution in [2.24, 2.45) is 5.10 Å². The zero-order chi connectivity index (χ0) is 17.9. The summed E-state index contributed by atoms with van der Waals surface area (Å²) in [5.41, 5.74) is 4.07. The molecule has 0 saturated carbocycles. The molecule has 126 valence electrons. The van der Waals surface area contributed by atoms with Crippen LogP contribution in [0.15, 0.2) is 70.7 Å². The molecule has 0 saturated heterocycles. The number of aromatic nitrogens is 3. The normalized spacial score (nSPS) is 11.2. The van der Waals surface area contributed by atoms with Crippen LogP contribution < -0.4 is 11.0 Å². The third kappa shape index (κ3) is 3.05. The molecule has 0 spiro atoms. The Balaban J connectivity index is 1.54.